The topological polar surface area (TPSA) is 55.0 Å². The second-order valence-electron chi connectivity index (χ2n) is 2.74. The Morgan fingerprint density at radius 1 is 1.60 bits per heavy atom. The Morgan fingerprint density at radius 3 is 2.80 bits per heavy atom. The van der Waals surface area contributed by atoms with Gasteiger partial charge in [-0.2, -0.15) is 13.2 Å². The van der Waals surface area contributed by atoms with E-state index in [1.807, 2.05) is 0 Å². The van der Waals surface area contributed by atoms with E-state index in [4.69, 9.17) is 0 Å². The van der Waals surface area contributed by atoms with Gasteiger partial charge in [-0.3, -0.25) is 0 Å². The molecule has 0 aliphatic heterocycles. The number of rotatable bonds is 3. The number of aromatic amines is 1. The van der Waals surface area contributed by atoms with E-state index in [0.717, 1.165) is 6.20 Å². The molecule has 0 saturated carbocycles. The summed E-state index contributed by atoms with van der Waals surface area (Å²) in [6, 6.07) is 0. The molecule has 0 saturated heterocycles. The Kier molecular flexibility index (Phi) is 3.33. The predicted octanol–water partition coefficient (Wildman–Crippen LogP) is 1.69. The van der Waals surface area contributed by atoms with Crippen molar-refractivity contribution in [1.82, 2.24) is 9.97 Å². The third-order valence-corrected chi connectivity index (χ3v) is 1.48. The summed E-state index contributed by atoms with van der Waals surface area (Å²) in [4.78, 5) is 16.8. The third kappa shape index (κ3) is 3.61. The molecular formula is C8H9F3N2O2. The summed E-state index contributed by atoms with van der Waals surface area (Å²) in [5.41, 5.74) is -0.143. The summed E-state index contributed by atoms with van der Waals surface area (Å²) < 4.78 is 40.3. The molecule has 1 aromatic rings. The van der Waals surface area contributed by atoms with Crippen molar-refractivity contribution in [1.29, 1.82) is 0 Å². The number of halogens is 3. The van der Waals surface area contributed by atoms with Gasteiger partial charge >= 0.3 is 12.1 Å². The molecule has 0 unspecified atom stereocenters. The van der Waals surface area contributed by atoms with Crippen LogP contribution in [0.3, 0.4) is 0 Å². The fraction of sp³-hybridized carbons (Fsp3) is 0.500. The average Bonchev–Trinajstić information content (AvgIpc) is 2.50. The molecular weight excluding hydrogens is 213 g/mol. The van der Waals surface area contributed by atoms with E-state index in [-0.39, 0.29) is 18.1 Å². The molecule has 7 heteroatoms. The third-order valence-electron chi connectivity index (χ3n) is 1.48. The molecule has 84 valence electrons. The molecule has 0 amide bonds. The van der Waals surface area contributed by atoms with Gasteiger partial charge in [0.15, 0.2) is 5.69 Å². The zero-order valence-corrected chi connectivity index (χ0v) is 7.89. The molecule has 15 heavy (non-hydrogen) atoms. The maximum Gasteiger partial charge on any atom is 0.396 e. The maximum atomic E-state index is 11.9. The fourth-order valence-electron chi connectivity index (χ4n) is 0.952. The lowest BCUT2D eigenvalue weighted by Crippen LogP contribution is -2.13. The molecule has 1 heterocycles. The van der Waals surface area contributed by atoms with Crippen LogP contribution < -0.4 is 0 Å². The minimum atomic E-state index is -4.34. The lowest BCUT2D eigenvalue weighted by Gasteiger charge is -2.01. The van der Waals surface area contributed by atoms with Crippen LogP contribution in [0.25, 0.3) is 0 Å². The number of nitrogens with zero attached hydrogens (tertiary/aromatic N) is 1. The van der Waals surface area contributed by atoms with Crippen molar-refractivity contribution >= 4 is 5.97 Å². The van der Waals surface area contributed by atoms with Gasteiger partial charge in [-0.1, -0.05) is 0 Å². The van der Waals surface area contributed by atoms with E-state index in [1.165, 1.54) is 0 Å². The summed E-state index contributed by atoms with van der Waals surface area (Å²) in [6.45, 7) is 1.75. The summed E-state index contributed by atoms with van der Waals surface area (Å²) in [7, 11) is 0. The van der Waals surface area contributed by atoms with Crippen LogP contribution in [0.15, 0.2) is 6.20 Å². The molecule has 4 nitrogen and oxygen atoms in total. The Hall–Kier alpha value is -1.53. The smallest absolute Gasteiger partial charge is 0.396 e. The minimum absolute atomic E-state index is 0.143. The highest BCUT2D eigenvalue weighted by atomic mass is 19.4. The molecule has 0 aromatic carbocycles. The van der Waals surface area contributed by atoms with Gasteiger partial charge in [0.1, 0.15) is 12.2 Å². The van der Waals surface area contributed by atoms with Crippen molar-refractivity contribution in [3.05, 3.63) is 17.7 Å². The van der Waals surface area contributed by atoms with Crippen LogP contribution in [0.2, 0.25) is 0 Å². The van der Waals surface area contributed by atoms with Crippen LogP contribution in [0.5, 0.6) is 0 Å². The van der Waals surface area contributed by atoms with Gasteiger partial charge in [0.2, 0.25) is 0 Å². The second-order valence-corrected chi connectivity index (χ2v) is 2.74. The number of nitrogens with one attached hydrogen (secondary N) is 1. The number of H-pyrrole nitrogens is 1. The first-order chi connectivity index (χ1) is 6.92. The lowest BCUT2D eigenvalue weighted by atomic mass is 10.4. The summed E-state index contributed by atoms with van der Waals surface area (Å²) in [6.07, 6.45) is -4.44. The molecule has 1 aromatic heterocycles. The fourth-order valence-corrected chi connectivity index (χ4v) is 0.952. The van der Waals surface area contributed by atoms with Gasteiger partial charge in [0.25, 0.3) is 0 Å². The minimum Gasteiger partial charge on any atom is -0.461 e. The van der Waals surface area contributed by atoms with Crippen molar-refractivity contribution < 1.29 is 22.7 Å². The van der Waals surface area contributed by atoms with E-state index in [1.54, 1.807) is 6.92 Å². The van der Waals surface area contributed by atoms with E-state index >= 15 is 0 Å². The Balaban J connectivity index is 2.68. The van der Waals surface area contributed by atoms with E-state index in [2.05, 4.69) is 14.7 Å². The molecule has 0 atom stereocenters. The average molecular weight is 222 g/mol. The monoisotopic (exact) mass is 222 g/mol. The SMILES string of the molecule is CCOC(=O)c1c[nH]c(CC(F)(F)F)n1. The Bertz CT molecular complexity index is 346. The normalized spacial score (nSPS) is 11.5. The highest BCUT2D eigenvalue weighted by Crippen LogP contribution is 2.19. The van der Waals surface area contributed by atoms with E-state index in [0.29, 0.717) is 0 Å². The highest BCUT2D eigenvalue weighted by Gasteiger charge is 2.29. The highest BCUT2D eigenvalue weighted by molar-refractivity contribution is 5.86. The van der Waals surface area contributed by atoms with Crippen molar-refractivity contribution in [2.45, 2.75) is 19.5 Å². The van der Waals surface area contributed by atoms with Crippen molar-refractivity contribution in [2.75, 3.05) is 6.61 Å². The van der Waals surface area contributed by atoms with Crippen LogP contribution in [-0.4, -0.2) is 28.7 Å². The van der Waals surface area contributed by atoms with Gasteiger partial charge in [0.05, 0.1) is 6.61 Å². The van der Waals surface area contributed by atoms with Crippen molar-refractivity contribution in [3.63, 3.8) is 0 Å². The van der Waals surface area contributed by atoms with Gasteiger partial charge in [-0.15, -0.1) is 0 Å². The predicted molar refractivity (Wildman–Crippen MR) is 44.3 cm³/mol. The quantitative estimate of drug-likeness (QED) is 0.792. The summed E-state index contributed by atoms with van der Waals surface area (Å²) in [5, 5.41) is 0. The van der Waals surface area contributed by atoms with Crippen LogP contribution >= 0.6 is 0 Å². The molecule has 0 bridgehead atoms. The first kappa shape index (κ1) is 11.5. The number of imidazole rings is 1. The lowest BCUT2D eigenvalue weighted by molar-refractivity contribution is -0.128. The first-order valence-corrected chi connectivity index (χ1v) is 4.20. The molecule has 1 rings (SSSR count). The maximum absolute atomic E-state index is 11.9. The standard InChI is InChI=1S/C8H9F3N2O2/c1-2-15-7(14)5-4-12-6(13-5)3-8(9,10)11/h4H,2-3H2,1H3,(H,12,13). The van der Waals surface area contributed by atoms with Gasteiger partial charge in [-0.25, -0.2) is 9.78 Å². The number of aromatic nitrogens is 2. The van der Waals surface area contributed by atoms with Crippen LogP contribution in [0, 0.1) is 0 Å². The zero-order chi connectivity index (χ0) is 11.5. The number of esters is 1. The number of carbonyl (C=O) groups is 1. The first-order valence-electron chi connectivity index (χ1n) is 4.20. The number of carbonyl (C=O) groups excluding carboxylic acids is 1. The largest absolute Gasteiger partial charge is 0.461 e. The van der Waals surface area contributed by atoms with Gasteiger partial charge < -0.3 is 9.72 Å². The van der Waals surface area contributed by atoms with Crippen molar-refractivity contribution in [3.8, 4) is 0 Å². The molecule has 0 aliphatic carbocycles. The number of ether oxygens (including phenoxy) is 1. The molecule has 0 spiro atoms. The summed E-state index contributed by atoms with van der Waals surface area (Å²) >= 11 is 0. The zero-order valence-electron chi connectivity index (χ0n) is 7.89. The number of alkyl halides is 3. The van der Waals surface area contributed by atoms with Crippen LogP contribution in [-0.2, 0) is 11.2 Å². The second kappa shape index (κ2) is 4.33. The van der Waals surface area contributed by atoms with Crippen LogP contribution in [0.1, 0.15) is 23.2 Å². The van der Waals surface area contributed by atoms with Crippen molar-refractivity contribution in [2.24, 2.45) is 0 Å². The number of hydrogen-bond acceptors (Lipinski definition) is 3. The molecule has 0 fully saturated rings. The van der Waals surface area contributed by atoms with Gasteiger partial charge in [-0.05, 0) is 6.92 Å². The van der Waals surface area contributed by atoms with E-state index < -0.39 is 18.6 Å². The molecule has 1 N–H and O–H groups in total. The molecule has 0 aliphatic rings. The summed E-state index contributed by atoms with van der Waals surface area (Å²) in [5.74, 6) is -1.03. The van der Waals surface area contributed by atoms with Gasteiger partial charge in [0, 0.05) is 6.20 Å². The van der Waals surface area contributed by atoms with E-state index in [9.17, 15) is 18.0 Å². The Morgan fingerprint density at radius 2 is 2.27 bits per heavy atom. The van der Waals surface area contributed by atoms with Crippen LogP contribution in [0.4, 0.5) is 13.2 Å². The molecule has 0 radical (unpaired) electrons. The Labute approximate surface area is 83.5 Å². The number of hydrogen-bond donors (Lipinski definition) is 1.